The van der Waals surface area contributed by atoms with Crippen LogP contribution >= 0.6 is 0 Å². The van der Waals surface area contributed by atoms with Crippen molar-refractivity contribution in [3.63, 3.8) is 0 Å². The van der Waals surface area contributed by atoms with Crippen LogP contribution in [0.5, 0.6) is 5.75 Å². The van der Waals surface area contributed by atoms with E-state index < -0.39 is 17.9 Å². The van der Waals surface area contributed by atoms with E-state index in [1.165, 1.54) is 12.1 Å². The average Bonchev–Trinajstić information content (AvgIpc) is 2.63. The van der Waals surface area contributed by atoms with E-state index in [2.05, 4.69) is 5.32 Å². The molecule has 1 amide bonds. The highest BCUT2D eigenvalue weighted by Gasteiger charge is 2.26. The topological polar surface area (TPSA) is 75.6 Å². The summed E-state index contributed by atoms with van der Waals surface area (Å²) in [4.78, 5) is 23.5. The molecule has 26 heavy (non-hydrogen) atoms. The number of hydrogen-bond donors (Lipinski definition) is 2. The summed E-state index contributed by atoms with van der Waals surface area (Å²) in [6.45, 7) is 1.83. The zero-order valence-electron chi connectivity index (χ0n) is 14.5. The highest BCUT2D eigenvalue weighted by Crippen LogP contribution is 2.22. The van der Waals surface area contributed by atoms with Gasteiger partial charge in [0.1, 0.15) is 11.6 Å². The fourth-order valence-corrected chi connectivity index (χ4v) is 2.53. The molecule has 0 aromatic heterocycles. The molecule has 0 saturated carbocycles. The highest BCUT2D eigenvalue weighted by atomic mass is 19.1. The SMILES string of the molecule is CC(C(=O)O)C(NC(=O)CCCOc1cccc(F)c1)c1ccccc1. The van der Waals surface area contributed by atoms with Crippen molar-refractivity contribution >= 4 is 11.9 Å². The van der Waals surface area contributed by atoms with Gasteiger partial charge < -0.3 is 15.2 Å². The molecule has 0 bridgehead atoms. The van der Waals surface area contributed by atoms with E-state index in [9.17, 15) is 19.1 Å². The van der Waals surface area contributed by atoms with Crippen molar-refractivity contribution in [1.29, 1.82) is 0 Å². The third-order valence-electron chi connectivity index (χ3n) is 3.98. The van der Waals surface area contributed by atoms with E-state index in [4.69, 9.17) is 4.74 Å². The van der Waals surface area contributed by atoms with Crippen LogP contribution in [0.1, 0.15) is 31.4 Å². The van der Waals surface area contributed by atoms with E-state index in [-0.39, 0.29) is 24.8 Å². The number of carbonyl (C=O) groups excluding carboxylic acids is 1. The minimum absolute atomic E-state index is 0.186. The number of hydrogen-bond acceptors (Lipinski definition) is 3. The van der Waals surface area contributed by atoms with Crippen LogP contribution in [0.2, 0.25) is 0 Å². The van der Waals surface area contributed by atoms with Gasteiger partial charge in [-0.1, -0.05) is 36.4 Å². The van der Waals surface area contributed by atoms with E-state index in [1.54, 1.807) is 43.3 Å². The molecular weight excluding hydrogens is 337 g/mol. The van der Waals surface area contributed by atoms with Crippen LogP contribution in [0, 0.1) is 11.7 Å². The standard InChI is InChI=1S/C20H22FNO4/c1-14(20(24)25)19(15-7-3-2-4-8-15)22-18(23)11-6-12-26-17-10-5-9-16(21)13-17/h2-5,7-10,13-14,19H,6,11-12H2,1H3,(H,22,23)(H,24,25). The molecule has 2 aromatic carbocycles. The summed E-state index contributed by atoms with van der Waals surface area (Å²) in [6.07, 6.45) is 0.621. The van der Waals surface area contributed by atoms with Crippen molar-refractivity contribution < 1.29 is 23.8 Å². The Morgan fingerprint density at radius 1 is 1.15 bits per heavy atom. The lowest BCUT2D eigenvalue weighted by Crippen LogP contribution is -2.35. The van der Waals surface area contributed by atoms with Crippen LogP contribution in [0.25, 0.3) is 0 Å². The van der Waals surface area contributed by atoms with Crippen LogP contribution in [0.15, 0.2) is 54.6 Å². The van der Waals surface area contributed by atoms with E-state index in [0.717, 1.165) is 5.56 Å². The Morgan fingerprint density at radius 3 is 2.54 bits per heavy atom. The van der Waals surface area contributed by atoms with E-state index in [0.29, 0.717) is 12.2 Å². The number of halogens is 1. The molecule has 2 N–H and O–H groups in total. The quantitative estimate of drug-likeness (QED) is 0.671. The summed E-state index contributed by atoms with van der Waals surface area (Å²) in [5.41, 5.74) is 0.742. The maximum atomic E-state index is 13.1. The maximum absolute atomic E-state index is 13.1. The van der Waals surface area contributed by atoms with Gasteiger partial charge in [0, 0.05) is 12.5 Å². The van der Waals surface area contributed by atoms with Crippen LogP contribution < -0.4 is 10.1 Å². The maximum Gasteiger partial charge on any atom is 0.308 e. The van der Waals surface area contributed by atoms with E-state index >= 15 is 0 Å². The van der Waals surface area contributed by atoms with Gasteiger partial charge >= 0.3 is 5.97 Å². The first-order valence-electron chi connectivity index (χ1n) is 8.43. The predicted octanol–water partition coefficient (Wildman–Crippen LogP) is 3.56. The highest BCUT2D eigenvalue weighted by molar-refractivity contribution is 5.78. The van der Waals surface area contributed by atoms with Crippen LogP contribution in [-0.4, -0.2) is 23.6 Å². The third-order valence-corrected chi connectivity index (χ3v) is 3.98. The van der Waals surface area contributed by atoms with Gasteiger partial charge in [-0.3, -0.25) is 9.59 Å². The molecule has 0 aliphatic carbocycles. The molecule has 0 aliphatic rings. The zero-order chi connectivity index (χ0) is 18.9. The number of ether oxygens (including phenoxy) is 1. The largest absolute Gasteiger partial charge is 0.493 e. The molecule has 0 aliphatic heterocycles. The first-order chi connectivity index (χ1) is 12.5. The normalized spacial score (nSPS) is 12.8. The van der Waals surface area contributed by atoms with Crippen LogP contribution in [0.3, 0.4) is 0 Å². The number of nitrogens with one attached hydrogen (secondary N) is 1. The molecule has 6 heteroatoms. The average molecular weight is 359 g/mol. The van der Waals surface area contributed by atoms with Crippen molar-refractivity contribution in [2.45, 2.75) is 25.8 Å². The number of amides is 1. The predicted molar refractivity (Wildman–Crippen MR) is 95.3 cm³/mol. The number of aliphatic carboxylic acids is 1. The summed E-state index contributed by atoms with van der Waals surface area (Å²) in [5.74, 6) is -1.96. The summed E-state index contributed by atoms with van der Waals surface area (Å²) < 4.78 is 18.5. The van der Waals surface area contributed by atoms with Crippen LogP contribution in [-0.2, 0) is 9.59 Å². The lowest BCUT2D eigenvalue weighted by molar-refractivity contribution is -0.142. The monoisotopic (exact) mass is 359 g/mol. The van der Waals surface area contributed by atoms with Gasteiger partial charge in [0.25, 0.3) is 0 Å². The summed E-state index contributed by atoms with van der Waals surface area (Å²) in [5, 5.41) is 12.1. The van der Waals surface area contributed by atoms with Gasteiger partial charge in [0.2, 0.25) is 5.91 Å². The number of carboxylic acids is 1. The Bertz CT molecular complexity index is 736. The molecule has 138 valence electrons. The van der Waals surface area contributed by atoms with Crippen molar-refractivity contribution in [2.24, 2.45) is 5.92 Å². The Morgan fingerprint density at radius 2 is 1.88 bits per heavy atom. The first-order valence-corrected chi connectivity index (χ1v) is 8.43. The second-order valence-corrected chi connectivity index (χ2v) is 5.99. The van der Waals surface area contributed by atoms with E-state index in [1.807, 2.05) is 6.07 Å². The van der Waals surface area contributed by atoms with Gasteiger partial charge in [-0.05, 0) is 31.0 Å². The molecule has 2 unspecified atom stereocenters. The Hall–Kier alpha value is -2.89. The Kier molecular flexibility index (Phi) is 7.14. The van der Waals surface area contributed by atoms with Gasteiger partial charge in [-0.2, -0.15) is 0 Å². The summed E-state index contributed by atoms with van der Waals surface area (Å²) in [7, 11) is 0. The van der Waals surface area contributed by atoms with Crippen LogP contribution in [0.4, 0.5) is 4.39 Å². The molecule has 0 spiro atoms. The second kappa shape index (κ2) is 9.56. The van der Waals surface area contributed by atoms with Gasteiger partial charge in [-0.15, -0.1) is 0 Å². The molecule has 2 atom stereocenters. The summed E-state index contributed by atoms with van der Waals surface area (Å²) >= 11 is 0. The number of carbonyl (C=O) groups is 2. The fraction of sp³-hybridized carbons (Fsp3) is 0.300. The number of carboxylic acid groups (broad SMARTS) is 1. The lowest BCUT2D eigenvalue weighted by Gasteiger charge is -2.23. The van der Waals surface area contributed by atoms with Gasteiger partial charge in [-0.25, -0.2) is 4.39 Å². The lowest BCUT2D eigenvalue weighted by atomic mass is 9.94. The molecule has 0 fully saturated rings. The minimum atomic E-state index is -0.978. The Labute approximate surface area is 151 Å². The molecular formula is C20H22FNO4. The van der Waals surface area contributed by atoms with Crippen molar-refractivity contribution in [1.82, 2.24) is 5.32 Å². The van der Waals surface area contributed by atoms with Crippen molar-refractivity contribution in [2.75, 3.05) is 6.61 Å². The van der Waals surface area contributed by atoms with Crippen molar-refractivity contribution in [3.8, 4) is 5.75 Å². The first kappa shape index (κ1) is 19.4. The molecule has 2 aromatic rings. The number of benzene rings is 2. The zero-order valence-corrected chi connectivity index (χ0v) is 14.5. The molecule has 2 rings (SSSR count). The third kappa shape index (κ3) is 5.88. The second-order valence-electron chi connectivity index (χ2n) is 5.99. The van der Waals surface area contributed by atoms with Gasteiger partial charge in [0.15, 0.2) is 0 Å². The molecule has 0 saturated heterocycles. The Balaban J connectivity index is 1.86. The molecule has 5 nitrogen and oxygen atoms in total. The molecule has 0 heterocycles. The summed E-state index contributed by atoms with van der Waals surface area (Å²) in [6, 6.07) is 14.2. The minimum Gasteiger partial charge on any atom is -0.493 e. The molecule has 0 radical (unpaired) electrons. The smallest absolute Gasteiger partial charge is 0.308 e. The van der Waals surface area contributed by atoms with Gasteiger partial charge in [0.05, 0.1) is 18.6 Å². The number of rotatable bonds is 9. The van der Waals surface area contributed by atoms with Crippen molar-refractivity contribution in [3.05, 3.63) is 66.0 Å². The fourth-order valence-electron chi connectivity index (χ4n) is 2.53.